The molecule has 0 fully saturated rings. The molecule has 3 aromatic rings. The number of aryl methyl sites for hydroxylation is 1. The summed E-state index contributed by atoms with van der Waals surface area (Å²) in [5.41, 5.74) is 12.1. The van der Waals surface area contributed by atoms with Crippen LogP contribution in [-0.4, -0.2) is 14.5 Å². The Morgan fingerprint density at radius 2 is 1.95 bits per heavy atom. The van der Waals surface area contributed by atoms with Gasteiger partial charge in [0.15, 0.2) is 0 Å². The molecule has 0 aliphatic rings. The Morgan fingerprint density at radius 1 is 1.16 bits per heavy atom. The van der Waals surface area contributed by atoms with Gasteiger partial charge in [0.25, 0.3) is 0 Å². The van der Waals surface area contributed by atoms with Crippen LogP contribution < -0.4 is 5.73 Å². The van der Waals surface area contributed by atoms with Crippen LogP contribution in [0, 0.1) is 13.8 Å². The summed E-state index contributed by atoms with van der Waals surface area (Å²) in [5, 5.41) is 0. The fourth-order valence-electron chi connectivity index (χ4n) is 2.25. The van der Waals surface area contributed by atoms with Gasteiger partial charge in [-0.15, -0.1) is 0 Å². The van der Waals surface area contributed by atoms with Crippen molar-refractivity contribution in [2.24, 2.45) is 0 Å². The molecule has 0 bridgehead atoms. The van der Waals surface area contributed by atoms with Gasteiger partial charge in [0, 0.05) is 11.9 Å². The number of benzene rings is 1. The van der Waals surface area contributed by atoms with Gasteiger partial charge in [0.1, 0.15) is 0 Å². The topological polar surface area (TPSA) is 56.7 Å². The molecule has 0 aliphatic carbocycles. The number of fused-ring (bicyclic) bond motifs is 1. The maximum absolute atomic E-state index is 6.06. The monoisotopic (exact) mass is 252 g/mol. The minimum Gasteiger partial charge on any atom is -0.398 e. The minimum absolute atomic E-state index is 0.691. The molecule has 96 valence electrons. The highest BCUT2D eigenvalue weighted by Gasteiger charge is 2.08. The number of nitrogen functional groups attached to an aromatic ring is 1. The average molecular weight is 252 g/mol. The number of nitrogens with two attached hydrogens (primary N) is 1. The molecule has 0 saturated heterocycles. The normalized spacial score (nSPS) is 11.1. The van der Waals surface area contributed by atoms with Crippen molar-refractivity contribution < 1.29 is 0 Å². The van der Waals surface area contributed by atoms with E-state index < -0.39 is 0 Å². The summed E-state index contributed by atoms with van der Waals surface area (Å²) < 4.78 is 2.10. The SMILES string of the molecule is Cc1cnc(Cn2cnc3ccccc32)c(C)c1N. The Labute approximate surface area is 111 Å². The fraction of sp³-hybridized carbons (Fsp3) is 0.200. The van der Waals surface area contributed by atoms with Crippen molar-refractivity contribution in [2.45, 2.75) is 20.4 Å². The van der Waals surface area contributed by atoms with E-state index in [0.29, 0.717) is 6.54 Å². The summed E-state index contributed by atoms with van der Waals surface area (Å²) in [4.78, 5) is 8.88. The molecule has 3 rings (SSSR count). The lowest BCUT2D eigenvalue weighted by Gasteiger charge is -2.11. The molecule has 0 atom stereocenters. The van der Waals surface area contributed by atoms with Crippen molar-refractivity contribution in [3.8, 4) is 0 Å². The number of nitrogens with zero attached hydrogens (tertiary/aromatic N) is 3. The van der Waals surface area contributed by atoms with E-state index in [4.69, 9.17) is 5.73 Å². The molecule has 2 aromatic heterocycles. The maximum atomic E-state index is 6.06. The molecule has 0 unspecified atom stereocenters. The van der Waals surface area contributed by atoms with Crippen molar-refractivity contribution in [3.63, 3.8) is 0 Å². The van der Waals surface area contributed by atoms with E-state index in [1.165, 1.54) is 0 Å². The quantitative estimate of drug-likeness (QED) is 0.763. The standard InChI is InChI=1S/C15H16N4/c1-10-7-17-13(11(2)15(10)16)8-19-9-18-12-5-3-4-6-14(12)19/h3-7,9H,8H2,1-2H3,(H2,16,17). The van der Waals surface area contributed by atoms with Crippen LogP contribution in [0.3, 0.4) is 0 Å². The van der Waals surface area contributed by atoms with Crippen molar-refractivity contribution in [3.05, 3.63) is 53.6 Å². The van der Waals surface area contributed by atoms with E-state index in [-0.39, 0.29) is 0 Å². The zero-order valence-electron chi connectivity index (χ0n) is 11.1. The number of para-hydroxylation sites is 2. The van der Waals surface area contributed by atoms with Gasteiger partial charge in [-0.1, -0.05) is 12.1 Å². The Bertz CT molecular complexity index is 743. The Morgan fingerprint density at radius 3 is 2.79 bits per heavy atom. The van der Waals surface area contributed by atoms with Gasteiger partial charge in [0.2, 0.25) is 0 Å². The largest absolute Gasteiger partial charge is 0.398 e. The van der Waals surface area contributed by atoms with Gasteiger partial charge in [-0.3, -0.25) is 4.98 Å². The highest BCUT2D eigenvalue weighted by molar-refractivity contribution is 5.75. The lowest BCUT2D eigenvalue weighted by atomic mass is 10.1. The summed E-state index contributed by atoms with van der Waals surface area (Å²) in [5.74, 6) is 0. The first-order chi connectivity index (χ1) is 9.16. The van der Waals surface area contributed by atoms with Crippen LogP contribution in [0.2, 0.25) is 0 Å². The highest BCUT2D eigenvalue weighted by atomic mass is 15.1. The molecule has 19 heavy (non-hydrogen) atoms. The van der Waals surface area contributed by atoms with Crippen LogP contribution in [0.25, 0.3) is 11.0 Å². The van der Waals surface area contributed by atoms with Crippen LogP contribution in [0.1, 0.15) is 16.8 Å². The number of anilines is 1. The first kappa shape index (κ1) is 11.7. The van der Waals surface area contributed by atoms with Crippen LogP contribution in [0.5, 0.6) is 0 Å². The van der Waals surface area contributed by atoms with Crippen molar-refractivity contribution in [1.82, 2.24) is 14.5 Å². The Hall–Kier alpha value is -2.36. The third-order valence-corrected chi connectivity index (χ3v) is 3.52. The molecule has 4 nitrogen and oxygen atoms in total. The molecule has 0 amide bonds. The van der Waals surface area contributed by atoms with E-state index in [9.17, 15) is 0 Å². The number of rotatable bonds is 2. The molecule has 4 heteroatoms. The first-order valence-electron chi connectivity index (χ1n) is 6.27. The van der Waals surface area contributed by atoms with E-state index >= 15 is 0 Å². The summed E-state index contributed by atoms with van der Waals surface area (Å²) in [6.45, 7) is 4.69. The van der Waals surface area contributed by atoms with E-state index in [2.05, 4.69) is 20.6 Å². The molecule has 0 radical (unpaired) electrons. The number of pyridine rings is 1. The van der Waals surface area contributed by atoms with E-state index in [1.807, 2.05) is 44.6 Å². The van der Waals surface area contributed by atoms with Gasteiger partial charge in [-0.2, -0.15) is 0 Å². The van der Waals surface area contributed by atoms with E-state index in [1.54, 1.807) is 0 Å². The van der Waals surface area contributed by atoms with Crippen molar-refractivity contribution >= 4 is 16.7 Å². The predicted octanol–water partition coefficient (Wildman–Crippen LogP) is 2.68. The van der Waals surface area contributed by atoms with Crippen LogP contribution in [-0.2, 0) is 6.54 Å². The summed E-state index contributed by atoms with van der Waals surface area (Å²) >= 11 is 0. The fourth-order valence-corrected chi connectivity index (χ4v) is 2.25. The number of aromatic nitrogens is 3. The number of hydrogen-bond acceptors (Lipinski definition) is 3. The second-order valence-electron chi connectivity index (χ2n) is 4.79. The third-order valence-electron chi connectivity index (χ3n) is 3.52. The first-order valence-corrected chi connectivity index (χ1v) is 6.27. The number of hydrogen-bond donors (Lipinski definition) is 1. The second-order valence-corrected chi connectivity index (χ2v) is 4.79. The van der Waals surface area contributed by atoms with Gasteiger partial charge >= 0.3 is 0 Å². The maximum Gasteiger partial charge on any atom is 0.0962 e. The lowest BCUT2D eigenvalue weighted by molar-refractivity contribution is 0.789. The van der Waals surface area contributed by atoms with Crippen LogP contribution in [0.4, 0.5) is 5.69 Å². The van der Waals surface area contributed by atoms with Gasteiger partial charge in [-0.05, 0) is 37.1 Å². The molecule has 2 N–H and O–H groups in total. The summed E-state index contributed by atoms with van der Waals surface area (Å²) in [6, 6.07) is 8.09. The molecule has 0 saturated carbocycles. The smallest absolute Gasteiger partial charge is 0.0962 e. The van der Waals surface area contributed by atoms with Crippen molar-refractivity contribution in [1.29, 1.82) is 0 Å². The molecule has 0 spiro atoms. The summed E-state index contributed by atoms with van der Waals surface area (Å²) in [6.07, 6.45) is 3.68. The molecule has 2 heterocycles. The van der Waals surface area contributed by atoms with Crippen LogP contribution >= 0.6 is 0 Å². The minimum atomic E-state index is 0.691. The Kier molecular flexibility index (Phi) is 2.71. The summed E-state index contributed by atoms with van der Waals surface area (Å²) in [7, 11) is 0. The van der Waals surface area contributed by atoms with Gasteiger partial charge < -0.3 is 10.3 Å². The zero-order chi connectivity index (χ0) is 13.4. The van der Waals surface area contributed by atoms with Gasteiger partial charge in [-0.25, -0.2) is 4.98 Å². The van der Waals surface area contributed by atoms with Gasteiger partial charge in [0.05, 0.1) is 29.6 Å². The average Bonchev–Trinajstić information content (AvgIpc) is 2.83. The molecular weight excluding hydrogens is 236 g/mol. The predicted molar refractivity (Wildman–Crippen MR) is 77.0 cm³/mol. The second kappa shape index (κ2) is 4.39. The van der Waals surface area contributed by atoms with E-state index in [0.717, 1.165) is 33.5 Å². The van der Waals surface area contributed by atoms with Crippen molar-refractivity contribution in [2.75, 3.05) is 5.73 Å². The molecule has 0 aliphatic heterocycles. The number of imidazole rings is 1. The highest BCUT2D eigenvalue weighted by Crippen LogP contribution is 2.20. The molecule has 1 aromatic carbocycles. The third kappa shape index (κ3) is 1.95. The lowest BCUT2D eigenvalue weighted by Crippen LogP contribution is -2.06. The zero-order valence-corrected chi connectivity index (χ0v) is 11.1. The Balaban J connectivity index is 2.04. The molecular formula is C15H16N4. The van der Waals surface area contributed by atoms with Crippen LogP contribution in [0.15, 0.2) is 36.8 Å².